The molecule has 0 saturated carbocycles. The molecule has 2 saturated heterocycles. The summed E-state index contributed by atoms with van der Waals surface area (Å²) in [4.78, 5) is 44.4. The molecule has 0 unspecified atom stereocenters. The van der Waals surface area contributed by atoms with Gasteiger partial charge in [-0.3, -0.25) is 14.4 Å². The van der Waals surface area contributed by atoms with Crippen LogP contribution < -0.4 is 4.90 Å². The molecule has 0 bridgehead atoms. The van der Waals surface area contributed by atoms with Crippen LogP contribution in [0.3, 0.4) is 0 Å². The highest BCUT2D eigenvalue weighted by molar-refractivity contribution is 6.36. The van der Waals surface area contributed by atoms with Crippen LogP contribution in [0.2, 0.25) is 5.02 Å². The van der Waals surface area contributed by atoms with E-state index < -0.39 is 23.9 Å². The SMILES string of the molecule is O=C(c1ccccc1)[C@@H]1[C@@H]2C(=O)N(c3ccccc3Cl)C(=O)[C@H]2[C@H]2c3ccccc3C=CN12. The van der Waals surface area contributed by atoms with Crippen LogP contribution in [-0.2, 0) is 9.59 Å². The third-order valence-corrected chi connectivity index (χ3v) is 7.20. The number of para-hydroxylation sites is 1. The zero-order chi connectivity index (χ0) is 22.7. The van der Waals surface area contributed by atoms with Crippen LogP contribution in [0.25, 0.3) is 6.08 Å². The summed E-state index contributed by atoms with van der Waals surface area (Å²) in [6, 6.07) is 22.4. The van der Waals surface area contributed by atoms with E-state index in [2.05, 4.69) is 0 Å². The fourth-order valence-electron chi connectivity index (χ4n) is 5.50. The molecule has 162 valence electrons. The number of amides is 2. The van der Waals surface area contributed by atoms with E-state index in [4.69, 9.17) is 11.6 Å². The molecule has 3 heterocycles. The highest BCUT2D eigenvalue weighted by atomic mass is 35.5. The van der Waals surface area contributed by atoms with Crippen molar-refractivity contribution in [2.24, 2.45) is 11.8 Å². The lowest BCUT2D eigenvalue weighted by molar-refractivity contribution is -0.123. The zero-order valence-corrected chi connectivity index (χ0v) is 18.2. The van der Waals surface area contributed by atoms with Crippen LogP contribution in [0.4, 0.5) is 5.69 Å². The summed E-state index contributed by atoms with van der Waals surface area (Å²) in [5.41, 5.74) is 2.81. The fourth-order valence-corrected chi connectivity index (χ4v) is 5.72. The highest BCUT2D eigenvalue weighted by Crippen LogP contribution is 2.54. The predicted octanol–water partition coefficient (Wildman–Crippen LogP) is 4.74. The number of carbonyl (C=O) groups excluding carboxylic acids is 3. The standard InChI is InChI=1S/C27H19ClN2O3/c28-19-12-6-7-13-20(19)30-26(32)21-22(27(30)33)24(25(31)17-9-2-1-3-10-17)29-15-14-16-8-4-5-11-18(16)23(21)29/h1-15,21-24H/t21-,22-,23-,24+/m1/s1. The van der Waals surface area contributed by atoms with E-state index in [-0.39, 0.29) is 17.6 Å². The minimum absolute atomic E-state index is 0.167. The Hall–Kier alpha value is -3.70. The number of halogens is 1. The Balaban J connectivity index is 1.52. The van der Waals surface area contributed by atoms with Gasteiger partial charge in [-0.1, -0.05) is 78.3 Å². The van der Waals surface area contributed by atoms with Crippen molar-refractivity contribution in [2.45, 2.75) is 12.1 Å². The molecule has 0 spiro atoms. The number of ketones is 1. The second kappa shape index (κ2) is 7.42. The summed E-state index contributed by atoms with van der Waals surface area (Å²) in [5.74, 6) is -2.35. The van der Waals surface area contributed by atoms with Gasteiger partial charge in [-0.25, -0.2) is 4.90 Å². The van der Waals surface area contributed by atoms with E-state index >= 15 is 0 Å². The van der Waals surface area contributed by atoms with Crippen LogP contribution in [0.15, 0.2) is 85.1 Å². The maximum absolute atomic E-state index is 13.8. The van der Waals surface area contributed by atoms with Crippen molar-refractivity contribution in [3.05, 3.63) is 107 Å². The molecule has 6 rings (SSSR count). The summed E-state index contributed by atoms with van der Waals surface area (Å²) in [6.45, 7) is 0. The van der Waals surface area contributed by atoms with Crippen molar-refractivity contribution in [1.29, 1.82) is 0 Å². The first-order chi connectivity index (χ1) is 16.1. The third kappa shape index (κ3) is 2.82. The minimum atomic E-state index is -0.803. The average Bonchev–Trinajstić information content (AvgIpc) is 3.32. The van der Waals surface area contributed by atoms with E-state index in [1.807, 2.05) is 47.5 Å². The number of rotatable bonds is 3. The Morgan fingerprint density at radius 3 is 2.24 bits per heavy atom. The topological polar surface area (TPSA) is 57.7 Å². The Bertz CT molecular complexity index is 1340. The number of hydrogen-bond donors (Lipinski definition) is 0. The van der Waals surface area contributed by atoms with E-state index in [1.165, 1.54) is 4.90 Å². The Morgan fingerprint density at radius 1 is 0.788 bits per heavy atom. The Kier molecular flexibility index (Phi) is 4.49. The summed E-state index contributed by atoms with van der Waals surface area (Å²) >= 11 is 6.37. The Labute approximate surface area is 195 Å². The monoisotopic (exact) mass is 454 g/mol. The third-order valence-electron chi connectivity index (χ3n) is 6.88. The molecule has 2 fully saturated rings. The molecule has 3 aliphatic rings. The number of nitrogens with zero attached hydrogens (tertiary/aromatic N) is 2. The number of carbonyl (C=O) groups is 3. The van der Waals surface area contributed by atoms with Crippen LogP contribution in [-0.4, -0.2) is 28.5 Å². The second-order valence-electron chi connectivity index (χ2n) is 8.53. The molecular formula is C27H19ClN2O3. The predicted molar refractivity (Wildman–Crippen MR) is 126 cm³/mol. The van der Waals surface area contributed by atoms with E-state index in [0.717, 1.165) is 11.1 Å². The summed E-state index contributed by atoms with van der Waals surface area (Å²) in [7, 11) is 0. The molecule has 3 aromatic carbocycles. The number of anilines is 1. The number of hydrogen-bond acceptors (Lipinski definition) is 4. The molecule has 0 radical (unpaired) electrons. The largest absolute Gasteiger partial charge is 0.358 e. The lowest BCUT2D eigenvalue weighted by atomic mass is 9.83. The van der Waals surface area contributed by atoms with Gasteiger partial charge in [0, 0.05) is 11.8 Å². The Morgan fingerprint density at radius 2 is 1.45 bits per heavy atom. The summed E-state index contributed by atoms with van der Waals surface area (Å²) in [6.07, 6.45) is 3.80. The first-order valence-corrected chi connectivity index (χ1v) is 11.2. The van der Waals surface area contributed by atoms with E-state index in [9.17, 15) is 14.4 Å². The molecule has 6 heteroatoms. The van der Waals surface area contributed by atoms with Gasteiger partial charge in [-0.2, -0.15) is 0 Å². The van der Waals surface area contributed by atoms with Crippen molar-refractivity contribution in [2.75, 3.05) is 4.90 Å². The first-order valence-electron chi connectivity index (χ1n) is 10.8. The van der Waals surface area contributed by atoms with E-state index in [1.54, 1.807) is 48.5 Å². The lowest BCUT2D eigenvalue weighted by Crippen LogP contribution is -2.44. The van der Waals surface area contributed by atoms with Gasteiger partial charge < -0.3 is 4.90 Å². The quantitative estimate of drug-likeness (QED) is 0.424. The molecule has 33 heavy (non-hydrogen) atoms. The number of benzene rings is 3. The van der Waals surface area contributed by atoms with Crippen molar-refractivity contribution in [3.63, 3.8) is 0 Å². The maximum Gasteiger partial charge on any atom is 0.240 e. The van der Waals surface area contributed by atoms with Crippen molar-refractivity contribution < 1.29 is 14.4 Å². The van der Waals surface area contributed by atoms with Gasteiger partial charge in [0.05, 0.1) is 28.6 Å². The molecular weight excluding hydrogens is 436 g/mol. The zero-order valence-electron chi connectivity index (χ0n) is 17.5. The smallest absolute Gasteiger partial charge is 0.240 e. The van der Waals surface area contributed by atoms with Crippen molar-refractivity contribution >= 4 is 41.0 Å². The summed E-state index contributed by atoms with van der Waals surface area (Å²) < 4.78 is 0. The highest BCUT2D eigenvalue weighted by Gasteiger charge is 2.64. The van der Waals surface area contributed by atoms with Gasteiger partial charge in [-0.05, 0) is 29.3 Å². The molecule has 0 N–H and O–H groups in total. The van der Waals surface area contributed by atoms with Gasteiger partial charge in [-0.15, -0.1) is 0 Å². The van der Waals surface area contributed by atoms with Crippen molar-refractivity contribution in [1.82, 2.24) is 4.90 Å². The maximum atomic E-state index is 13.8. The van der Waals surface area contributed by atoms with Gasteiger partial charge in [0.25, 0.3) is 0 Å². The molecule has 0 aliphatic carbocycles. The van der Waals surface area contributed by atoms with Gasteiger partial charge in [0.15, 0.2) is 5.78 Å². The molecule has 2 amide bonds. The molecule has 4 atom stereocenters. The molecule has 3 aliphatic heterocycles. The minimum Gasteiger partial charge on any atom is -0.358 e. The van der Waals surface area contributed by atoms with Crippen molar-refractivity contribution in [3.8, 4) is 0 Å². The second-order valence-corrected chi connectivity index (χ2v) is 8.93. The van der Waals surface area contributed by atoms with Crippen LogP contribution in [0.1, 0.15) is 27.5 Å². The molecule has 0 aromatic heterocycles. The fraction of sp³-hybridized carbons (Fsp3) is 0.148. The van der Waals surface area contributed by atoms with Crippen LogP contribution >= 0.6 is 11.6 Å². The number of Topliss-reactive ketones (excluding diaryl/α,β-unsaturated/α-hetero) is 1. The molecule has 5 nitrogen and oxygen atoms in total. The first kappa shape index (κ1) is 19.9. The van der Waals surface area contributed by atoms with Gasteiger partial charge >= 0.3 is 0 Å². The molecule has 3 aromatic rings. The van der Waals surface area contributed by atoms with Gasteiger partial charge in [0.1, 0.15) is 6.04 Å². The average molecular weight is 455 g/mol. The normalized spacial score (nSPS) is 25.1. The van der Waals surface area contributed by atoms with Crippen LogP contribution in [0.5, 0.6) is 0 Å². The number of fused-ring (bicyclic) bond motifs is 5. The lowest BCUT2D eigenvalue weighted by Gasteiger charge is -2.35. The summed E-state index contributed by atoms with van der Waals surface area (Å²) in [5, 5.41) is 0.325. The van der Waals surface area contributed by atoms with Gasteiger partial charge in [0.2, 0.25) is 11.8 Å². The van der Waals surface area contributed by atoms with E-state index in [0.29, 0.717) is 16.3 Å². The number of imide groups is 1. The van der Waals surface area contributed by atoms with Crippen LogP contribution in [0, 0.1) is 11.8 Å².